The molecule has 1 aromatic carbocycles. The van der Waals surface area contributed by atoms with Crippen LogP contribution in [0.3, 0.4) is 0 Å². The monoisotopic (exact) mass is 267 g/mol. The Morgan fingerprint density at radius 3 is 2.40 bits per heavy atom. The molecule has 2 aliphatic rings. The van der Waals surface area contributed by atoms with E-state index in [0.29, 0.717) is 5.78 Å². The number of nitrogens with zero attached hydrogens (tertiary/aromatic N) is 1. The van der Waals surface area contributed by atoms with Crippen molar-refractivity contribution in [2.75, 3.05) is 7.05 Å². The molecule has 0 N–H and O–H groups in total. The van der Waals surface area contributed by atoms with Crippen LogP contribution < -0.4 is 0 Å². The summed E-state index contributed by atoms with van der Waals surface area (Å²) in [4.78, 5) is 14.9. The van der Waals surface area contributed by atoms with E-state index < -0.39 is 0 Å². The van der Waals surface area contributed by atoms with Gasteiger partial charge in [-0.3, -0.25) is 4.79 Å². The van der Waals surface area contributed by atoms with E-state index >= 15 is 0 Å². The van der Waals surface area contributed by atoms with Crippen molar-refractivity contribution in [2.45, 2.75) is 32.7 Å². The van der Waals surface area contributed by atoms with Crippen molar-refractivity contribution in [3.05, 3.63) is 53.2 Å². The van der Waals surface area contributed by atoms with Crippen LogP contribution in [0.15, 0.2) is 47.7 Å². The Morgan fingerprint density at radius 2 is 1.70 bits per heavy atom. The second-order valence-corrected chi connectivity index (χ2v) is 6.06. The normalized spacial score (nSPS) is 26.4. The fourth-order valence-corrected chi connectivity index (χ4v) is 3.29. The standard InChI is InChI=1S/C18H21NO/c1-12-9-15-16(14-7-5-4-6-8-14)11-19(3)17(18(15)20)10-13(12)2/h4-8,11,15,17H,9-10H2,1-3H3. The molecule has 2 heteroatoms. The lowest BCUT2D eigenvalue weighted by atomic mass is 9.81. The third kappa shape index (κ3) is 2.09. The van der Waals surface area contributed by atoms with Crippen LogP contribution in [0.2, 0.25) is 0 Å². The quantitative estimate of drug-likeness (QED) is 0.724. The van der Waals surface area contributed by atoms with Gasteiger partial charge >= 0.3 is 0 Å². The summed E-state index contributed by atoms with van der Waals surface area (Å²) in [5, 5.41) is 0. The number of hydrogen-bond acceptors (Lipinski definition) is 2. The number of ketones is 1. The summed E-state index contributed by atoms with van der Waals surface area (Å²) in [7, 11) is 2.02. The van der Waals surface area contributed by atoms with Crippen molar-refractivity contribution in [3.8, 4) is 0 Å². The van der Waals surface area contributed by atoms with E-state index in [-0.39, 0.29) is 12.0 Å². The maximum atomic E-state index is 12.8. The predicted molar refractivity (Wildman–Crippen MR) is 82.1 cm³/mol. The number of likely N-dealkylation sites (N-methyl/N-ethyl adjacent to an activating group) is 1. The first-order valence-electron chi connectivity index (χ1n) is 7.26. The first kappa shape index (κ1) is 13.2. The second-order valence-electron chi connectivity index (χ2n) is 6.06. The van der Waals surface area contributed by atoms with Gasteiger partial charge in [0.1, 0.15) is 0 Å². The summed E-state index contributed by atoms with van der Waals surface area (Å²) < 4.78 is 0. The first-order valence-corrected chi connectivity index (χ1v) is 7.26. The summed E-state index contributed by atoms with van der Waals surface area (Å²) in [5.74, 6) is 0.404. The Balaban J connectivity index is 2.09. The van der Waals surface area contributed by atoms with Gasteiger partial charge in [0.05, 0.1) is 12.0 Å². The van der Waals surface area contributed by atoms with Crippen LogP contribution in [0.5, 0.6) is 0 Å². The van der Waals surface area contributed by atoms with Crippen molar-refractivity contribution in [1.29, 1.82) is 0 Å². The van der Waals surface area contributed by atoms with Gasteiger partial charge in [0.25, 0.3) is 0 Å². The van der Waals surface area contributed by atoms with Crippen molar-refractivity contribution in [2.24, 2.45) is 5.92 Å². The van der Waals surface area contributed by atoms with Crippen LogP contribution >= 0.6 is 0 Å². The molecule has 1 aliphatic heterocycles. The third-order valence-electron chi connectivity index (χ3n) is 4.73. The molecule has 0 amide bonds. The molecule has 1 aliphatic carbocycles. The van der Waals surface area contributed by atoms with Gasteiger partial charge in [-0.15, -0.1) is 0 Å². The molecule has 2 atom stereocenters. The maximum Gasteiger partial charge on any atom is 0.163 e. The highest BCUT2D eigenvalue weighted by Crippen LogP contribution is 2.39. The van der Waals surface area contributed by atoms with Gasteiger partial charge in [0, 0.05) is 13.2 Å². The summed E-state index contributed by atoms with van der Waals surface area (Å²) in [6.45, 7) is 4.34. The zero-order chi connectivity index (χ0) is 14.3. The molecule has 0 fully saturated rings. The van der Waals surface area contributed by atoms with Crippen molar-refractivity contribution in [1.82, 2.24) is 4.90 Å². The fourth-order valence-electron chi connectivity index (χ4n) is 3.29. The van der Waals surface area contributed by atoms with E-state index in [9.17, 15) is 4.79 Å². The molecule has 0 saturated heterocycles. The molecule has 3 rings (SSSR count). The molecule has 0 saturated carbocycles. The van der Waals surface area contributed by atoms with E-state index in [1.165, 1.54) is 22.3 Å². The molecular weight excluding hydrogens is 246 g/mol. The lowest BCUT2D eigenvalue weighted by Gasteiger charge is -2.34. The van der Waals surface area contributed by atoms with Crippen molar-refractivity contribution >= 4 is 11.4 Å². The van der Waals surface area contributed by atoms with Crippen LogP contribution in [0.4, 0.5) is 0 Å². The number of allylic oxidation sites excluding steroid dienone is 2. The fraction of sp³-hybridized carbons (Fsp3) is 0.389. The molecule has 2 unspecified atom stereocenters. The average molecular weight is 267 g/mol. The van der Waals surface area contributed by atoms with Crippen LogP contribution in [0.25, 0.3) is 5.57 Å². The van der Waals surface area contributed by atoms with Gasteiger partial charge in [-0.2, -0.15) is 0 Å². The zero-order valence-corrected chi connectivity index (χ0v) is 12.4. The summed E-state index contributed by atoms with van der Waals surface area (Å²) in [5.41, 5.74) is 5.09. The maximum absolute atomic E-state index is 12.8. The highest BCUT2D eigenvalue weighted by molar-refractivity contribution is 5.99. The largest absolute Gasteiger partial charge is 0.370 e. The second kappa shape index (κ2) is 4.93. The average Bonchev–Trinajstić information content (AvgIpc) is 2.53. The van der Waals surface area contributed by atoms with E-state index in [4.69, 9.17) is 0 Å². The molecule has 2 nitrogen and oxygen atoms in total. The number of Topliss-reactive ketones (excluding diaryl/α,β-unsaturated/α-hetero) is 1. The van der Waals surface area contributed by atoms with Gasteiger partial charge in [0.15, 0.2) is 5.78 Å². The van der Waals surface area contributed by atoms with Crippen molar-refractivity contribution < 1.29 is 4.79 Å². The summed E-state index contributed by atoms with van der Waals surface area (Å²) in [6.07, 6.45) is 3.92. The minimum Gasteiger partial charge on any atom is -0.370 e. The Morgan fingerprint density at radius 1 is 1.05 bits per heavy atom. The van der Waals surface area contributed by atoms with Gasteiger partial charge in [0.2, 0.25) is 0 Å². The lowest BCUT2D eigenvalue weighted by molar-refractivity contribution is -0.125. The Kier molecular flexibility index (Phi) is 3.25. The van der Waals surface area contributed by atoms with Gasteiger partial charge in [-0.1, -0.05) is 41.5 Å². The molecule has 1 heterocycles. The molecule has 0 aromatic heterocycles. The number of benzene rings is 1. The van der Waals surface area contributed by atoms with E-state index in [1.807, 2.05) is 25.2 Å². The van der Waals surface area contributed by atoms with Gasteiger partial charge in [-0.25, -0.2) is 0 Å². The lowest BCUT2D eigenvalue weighted by Crippen LogP contribution is -2.42. The van der Waals surface area contributed by atoms with Crippen LogP contribution in [-0.2, 0) is 4.79 Å². The first-order chi connectivity index (χ1) is 9.58. The Hall–Kier alpha value is -1.83. The van der Waals surface area contributed by atoms with E-state index in [2.05, 4.69) is 37.1 Å². The molecule has 1 aromatic rings. The molecular formula is C18H21NO. The Labute approximate surface area is 120 Å². The van der Waals surface area contributed by atoms with Gasteiger partial charge in [-0.05, 0) is 37.8 Å². The molecule has 0 spiro atoms. The molecule has 20 heavy (non-hydrogen) atoms. The van der Waals surface area contributed by atoms with Crippen molar-refractivity contribution in [3.63, 3.8) is 0 Å². The number of fused-ring (bicyclic) bond motifs is 2. The highest BCUT2D eigenvalue weighted by atomic mass is 16.1. The zero-order valence-electron chi connectivity index (χ0n) is 12.4. The third-order valence-corrected chi connectivity index (χ3v) is 4.73. The summed E-state index contributed by atoms with van der Waals surface area (Å²) in [6, 6.07) is 10.3. The minimum atomic E-state index is 0.0184. The van der Waals surface area contributed by atoms with Gasteiger partial charge < -0.3 is 4.90 Å². The Bertz CT molecular complexity index is 597. The van der Waals surface area contributed by atoms with Crippen LogP contribution in [0, 0.1) is 5.92 Å². The summed E-state index contributed by atoms with van der Waals surface area (Å²) >= 11 is 0. The smallest absolute Gasteiger partial charge is 0.163 e. The molecule has 2 bridgehead atoms. The SMILES string of the molecule is CC1=C(C)CC2C(=O)C(C1)C(c1ccccc1)=CN2C. The molecule has 0 radical (unpaired) electrons. The number of carbonyl (C=O) groups excluding carboxylic acids is 1. The number of carbonyl (C=O) groups is 1. The predicted octanol–water partition coefficient (Wildman–Crippen LogP) is 3.66. The van der Waals surface area contributed by atoms with E-state index in [1.54, 1.807) is 0 Å². The number of rotatable bonds is 1. The highest BCUT2D eigenvalue weighted by Gasteiger charge is 2.38. The minimum absolute atomic E-state index is 0.0184. The topological polar surface area (TPSA) is 20.3 Å². The van der Waals surface area contributed by atoms with Crippen LogP contribution in [-0.4, -0.2) is 23.8 Å². The molecule has 104 valence electrons. The number of hydrogen-bond donors (Lipinski definition) is 0. The van der Waals surface area contributed by atoms with E-state index in [0.717, 1.165) is 12.8 Å². The van der Waals surface area contributed by atoms with Crippen LogP contribution in [0.1, 0.15) is 32.3 Å².